The van der Waals surface area contributed by atoms with Gasteiger partial charge in [0.1, 0.15) is 10.7 Å². The number of H-pyrrole nitrogens is 1. The summed E-state index contributed by atoms with van der Waals surface area (Å²) in [4.78, 5) is 13.4. The number of piperidine rings is 1. The zero-order valence-electron chi connectivity index (χ0n) is 14.8. The lowest BCUT2D eigenvalue weighted by atomic mass is 9.95. The first-order chi connectivity index (χ1) is 12.9. The molecule has 3 aromatic heterocycles. The molecule has 144 valence electrons. The molecule has 5 nitrogen and oxygen atoms in total. The lowest BCUT2D eigenvalue weighted by molar-refractivity contribution is -0.149. The summed E-state index contributed by atoms with van der Waals surface area (Å²) in [5.74, 6) is 0.186. The number of nitrogens with zero attached hydrogens (tertiary/aromatic N) is 3. The normalized spacial score (nSPS) is 21.6. The molecule has 0 bridgehead atoms. The van der Waals surface area contributed by atoms with Crippen LogP contribution in [0.1, 0.15) is 13.3 Å². The van der Waals surface area contributed by atoms with Crippen LogP contribution in [-0.2, 0) is 0 Å². The van der Waals surface area contributed by atoms with Crippen LogP contribution in [0.15, 0.2) is 30.0 Å². The SMILES string of the molecule is C[C@H]1C[C@@H](Nc2c(-c3nccs3)cnc3[nH]ccc23)CN(CC(F)(F)F)C1. The number of nitrogens with one attached hydrogen (secondary N) is 2. The number of likely N-dealkylation sites (tertiary alicyclic amines) is 1. The molecule has 2 atom stereocenters. The van der Waals surface area contributed by atoms with E-state index in [1.807, 2.05) is 24.6 Å². The molecule has 1 aliphatic rings. The molecule has 0 radical (unpaired) electrons. The monoisotopic (exact) mass is 395 g/mol. The standard InChI is InChI=1S/C18H20F3N5S/c1-11-6-12(9-26(8-11)10-18(19,20)21)25-15-13-2-3-22-16(13)24-7-14(15)17-23-4-5-27-17/h2-5,7,11-12H,6,8-10H2,1H3,(H2,22,24,25)/t11-,12+/m0/s1. The van der Waals surface area contributed by atoms with Crippen molar-refractivity contribution in [3.05, 3.63) is 30.0 Å². The quantitative estimate of drug-likeness (QED) is 0.689. The van der Waals surface area contributed by atoms with Gasteiger partial charge in [0.15, 0.2) is 0 Å². The maximum Gasteiger partial charge on any atom is 0.401 e. The molecule has 0 aliphatic carbocycles. The van der Waals surface area contributed by atoms with E-state index in [1.165, 1.54) is 16.2 Å². The Morgan fingerprint density at radius 2 is 2.19 bits per heavy atom. The number of thiazole rings is 1. The van der Waals surface area contributed by atoms with Crippen LogP contribution in [0.3, 0.4) is 0 Å². The predicted molar refractivity (Wildman–Crippen MR) is 101 cm³/mol. The average Bonchev–Trinajstić information content (AvgIpc) is 3.24. The molecule has 0 amide bonds. The van der Waals surface area contributed by atoms with Crippen LogP contribution in [0.4, 0.5) is 18.9 Å². The zero-order chi connectivity index (χ0) is 19.0. The summed E-state index contributed by atoms with van der Waals surface area (Å²) < 4.78 is 38.6. The molecular formula is C18H20F3N5S. The van der Waals surface area contributed by atoms with Gasteiger partial charge < -0.3 is 10.3 Å². The molecule has 0 spiro atoms. The van der Waals surface area contributed by atoms with Crippen LogP contribution in [-0.4, -0.2) is 51.7 Å². The topological polar surface area (TPSA) is 56.8 Å². The molecular weight excluding hydrogens is 375 g/mol. The van der Waals surface area contributed by atoms with Crippen molar-refractivity contribution in [1.82, 2.24) is 19.9 Å². The number of hydrogen-bond donors (Lipinski definition) is 2. The van der Waals surface area contributed by atoms with Gasteiger partial charge in [0.25, 0.3) is 0 Å². The van der Waals surface area contributed by atoms with E-state index in [1.54, 1.807) is 12.4 Å². The Balaban J connectivity index is 1.64. The molecule has 4 rings (SSSR count). The summed E-state index contributed by atoms with van der Waals surface area (Å²) in [6, 6.07) is 1.86. The molecule has 1 saturated heterocycles. The lowest BCUT2D eigenvalue weighted by Crippen LogP contribution is -2.48. The highest BCUT2D eigenvalue weighted by Crippen LogP contribution is 2.36. The fourth-order valence-electron chi connectivity index (χ4n) is 3.84. The van der Waals surface area contributed by atoms with Crippen molar-refractivity contribution in [2.24, 2.45) is 5.92 Å². The Bertz CT molecular complexity index is 906. The smallest absolute Gasteiger partial charge is 0.380 e. The third-order valence-corrected chi connectivity index (χ3v) is 5.54. The highest BCUT2D eigenvalue weighted by Gasteiger charge is 2.35. The van der Waals surface area contributed by atoms with Crippen molar-refractivity contribution in [2.75, 3.05) is 25.0 Å². The number of aromatic nitrogens is 3. The van der Waals surface area contributed by atoms with E-state index in [0.29, 0.717) is 13.1 Å². The van der Waals surface area contributed by atoms with Gasteiger partial charge in [0.05, 0.1) is 17.8 Å². The van der Waals surface area contributed by atoms with Gasteiger partial charge in [-0.2, -0.15) is 13.2 Å². The van der Waals surface area contributed by atoms with E-state index in [2.05, 4.69) is 20.3 Å². The molecule has 3 aromatic rings. The molecule has 9 heteroatoms. The second-order valence-corrected chi connectivity index (χ2v) is 8.01. The summed E-state index contributed by atoms with van der Waals surface area (Å²) in [7, 11) is 0. The number of fused-ring (bicyclic) bond motifs is 1. The third-order valence-electron chi connectivity index (χ3n) is 4.74. The van der Waals surface area contributed by atoms with Gasteiger partial charge in [-0.25, -0.2) is 9.97 Å². The van der Waals surface area contributed by atoms with Crippen LogP contribution < -0.4 is 5.32 Å². The Morgan fingerprint density at radius 1 is 1.33 bits per heavy atom. The number of aromatic amines is 1. The number of alkyl halides is 3. The average molecular weight is 395 g/mol. The largest absolute Gasteiger partial charge is 0.401 e. The minimum absolute atomic E-state index is 0.0738. The van der Waals surface area contributed by atoms with E-state index >= 15 is 0 Å². The van der Waals surface area contributed by atoms with Crippen LogP contribution in [0, 0.1) is 5.92 Å². The first-order valence-electron chi connectivity index (χ1n) is 8.80. The Morgan fingerprint density at radius 3 is 2.93 bits per heavy atom. The molecule has 2 N–H and O–H groups in total. The van der Waals surface area contributed by atoms with E-state index in [-0.39, 0.29) is 12.0 Å². The number of rotatable bonds is 4. The molecule has 0 unspecified atom stereocenters. The fraction of sp³-hybridized carbons (Fsp3) is 0.444. The number of anilines is 1. The number of hydrogen-bond acceptors (Lipinski definition) is 5. The van der Waals surface area contributed by atoms with Gasteiger partial charge in [0, 0.05) is 48.5 Å². The van der Waals surface area contributed by atoms with E-state index < -0.39 is 12.7 Å². The lowest BCUT2D eigenvalue weighted by Gasteiger charge is -2.37. The summed E-state index contributed by atoms with van der Waals surface area (Å²) in [6.45, 7) is 1.95. The van der Waals surface area contributed by atoms with Crippen molar-refractivity contribution >= 4 is 28.1 Å². The van der Waals surface area contributed by atoms with Crippen LogP contribution in [0.5, 0.6) is 0 Å². The Hall–Kier alpha value is -2.13. The highest BCUT2D eigenvalue weighted by molar-refractivity contribution is 7.13. The van der Waals surface area contributed by atoms with Crippen molar-refractivity contribution in [1.29, 1.82) is 0 Å². The van der Waals surface area contributed by atoms with Crippen LogP contribution in [0.25, 0.3) is 21.6 Å². The minimum Gasteiger partial charge on any atom is -0.380 e. The predicted octanol–water partition coefficient (Wildman–Crippen LogP) is 4.37. The van der Waals surface area contributed by atoms with Gasteiger partial charge in [-0.3, -0.25) is 4.90 Å². The van der Waals surface area contributed by atoms with Crippen LogP contribution >= 0.6 is 11.3 Å². The maximum atomic E-state index is 12.9. The molecule has 27 heavy (non-hydrogen) atoms. The summed E-state index contributed by atoms with van der Waals surface area (Å²) in [5, 5.41) is 7.16. The molecule has 0 saturated carbocycles. The second-order valence-electron chi connectivity index (χ2n) is 7.12. The van der Waals surface area contributed by atoms with Gasteiger partial charge in [0.2, 0.25) is 0 Å². The van der Waals surface area contributed by atoms with Crippen molar-refractivity contribution in [3.8, 4) is 10.6 Å². The van der Waals surface area contributed by atoms with E-state index in [9.17, 15) is 13.2 Å². The van der Waals surface area contributed by atoms with Gasteiger partial charge in [-0.05, 0) is 18.4 Å². The molecule has 1 aliphatic heterocycles. The van der Waals surface area contributed by atoms with Crippen molar-refractivity contribution in [3.63, 3.8) is 0 Å². The fourth-order valence-corrected chi connectivity index (χ4v) is 4.49. The highest BCUT2D eigenvalue weighted by atomic mass is 32.1. The molecule has 0 aromatic carbocycles. The first kappa shape index (κ1) is 18.2. The summed E-state index contributed by atoms with van der Waals surface area (Å²) >= 11 is 1.51. The maximum absolute atomic E-state index is 12.9. The number of halogens is 3. The van der Waals surface area contributed by atoms with Crippen LogP contribution in [0.2, 0.25) is 0 Å². The van der Waals surface area contributed by atoms with Crippen molar-refractivity contribution in [2.45, 2.75) is 25.6 Å². The van der Waals surface area contributed by atoms with Gasteiger partial charge in [-0.15, -0.1) is 11.3 Å². The van der Waals surface area contributed by atoms with E-state index in [0.717, 1.165) is 33.7 Å². The molecule has 4 heterocycles. The summed E-state index contributed by atoms with van der Waals surface area (Å²) in [5.41, 5.74) is 2.49. The number of pyridine rings is 1. The van der Waals surface area contributed by atoms with Gasteiger partial charge in [-0.1, -0.05) is 6.92 Å². The van der Waals surface area contributed by atoms with E-state index in [4.69, 9.17) is 0 Å². The zero-order valence-corrected chi connectivity index (χ0v) is 15.6. The third kappa shape index (κ3) is 4.08. The van der Waals surface area contributed by atoms with Gasteiger partial charge >= 0.3 is 6.18 Å². The summed E-state index contributed by atoms with van der Waals surface area (Å²) in [6.07, 6.45) is 1.95. The minimum atomic E-state index is -4.18. The second kappa shape index (κ2) is 7.12. The first-order valence-corrected chi connectivity index (χ1v) is 9.68. The molecule has 1 fully saturated rings. The van der Waals surface area contributed by atoms with Crippen molar-refractivity contribution < 1.29 is 13.2 Å². The Labute approximate surface area is 158 Å². The Kier molecular flexibility index (Phi) is 4.81.